The van der Waals surface area contributed by atoms with Gasteiger partial charge in [0.25, 0.3) is 0 Å². The van der Waals surface area contributed by atoms with Crippen LogP contribution in [0.5, 0.6) is 11.5 Å². The second-order valence-electron chi connectivity index (χ2n) is 12.0. The predicted octanol–water partition coefficient (Wildman–Crippen LogP) is 9.61. The Morgan fingerprint density at radius 3 is 1.33 bits per heavy atom. The van der Waals surface area contributed by atoms with Crippen LogP contribution in [-0.2, 0) is 0 Å². The summed E-state index contributed by atoms with van der Waals surface area (Å²) in [6.07, 6.45) is 10.9. The van der Waals surface area contributed by atoms with E-state index < -0.39 is 0 Å². The van der Waals surface area contributed by atoms with Crippen molar-refractivity contribution < 1.29 is 10.2 Å². The molecule has 0 amide bonds. The molecular formula is C35H52N2O2. The summed E-state index contributed by atoms with van der Waals surface area (Å²) >= 11 is 0. The minimum absolute atomic E-state index is 0.0777. The van der Waals surface area contributed by atoms with E-state index in [-0.39, 0.29) is 12.1 Å². The molecule has 3 rings (SSSR count). The Hall–Kier alpha value is -2.62. The molecular weight excluding hydrogens is 480 g/mol. The maximum absolute atomic E-state index is 11.1. The third-order valence-corrected chi connectivity index (χ3v) is 9.29. The van der Waals surface area contributed by atoms with Crippen LogP contribution in [0.3, 0.4) is 0 Å². The first-order chi connectivity index (χ1) is 18.6. The summed E-state index contributed by atoms with van der Waals surface area (Å²) in [4.78, 5) is 9.96. The van der Waals surface area contributed by atoms with E-state index in [1.165, 1.54) is 11.1 Å². The summed E-state index contributed by atoms with van der Waals surface area (Å²) in [5.41, 5.74) is 6.20. The highest BCUT2D eigenvalue weighted by atomic mass is 16.3. The van der Waals surface area contributed by atoms with Crippen molar-refractivity contribution in [2.24, 2.45) is 9.98 Å². The van der Waals surface area contributed by atoms with E-state index >= 15 is 0 Å². The molecule has 0 heterocycles. The van der Waals surface area contributed by atoms with Crippen molar-refractivity contribution in [3.63, 3.8) is 0 Å². The average Bonchev–Trinajstić information content (AvgIpc) is 3.41. The first-order valence-electron chi connectivity index (χ1n) is 15.4. The molecule has 0 spiro atoms. The molecule has 0 aliphatic heterocycles. The molecule has 4 nitrogen and oxygen atoms in total. The van der Waals surface area contributed by atoms with Crippen LogP contribution in [-0.4, -0.2) is 34.7 Å². The third kappa shape index (κ3) is 7.32. The van der Waals surface area contributed by atoms with Gasteiger partial charge in [0.05, 0.1) is 12.1 Å². The summed E-state index contributed by atoms with van der Waals surface area (Å²) in [7, 11) is 0. The van der Waals surface area contributed by atoms with Crippen molar-refractivity contribution in [3.05, 3.63) is 57.6 Å². The molecule has 2 aromatic rings. The van der Waals surface area contributed by atoms with Crippen molar-refractivity contribution in [2.45, 2.75) is 136 Å². The monoisotopic (exact) mass is 532 g/mol. The highest BCUT2D eigenvalue weighted by molar-refractivity contribution is 5.86. The van der Waals surface area contributed by atoms with Gasteiger partial charge in [-0.25, -0.2) is 0 Å². The summed E-state index contributed by atoms with van der Waals surface area (Å²) in [5, 5.41) is 22.3. The molecule has 1 aliphatic carbocycles. The molecule has 4 heteroatoms. The van der Waals surface area contributed by atoms with Gasteiger partial charge in [-0.2, -0.15) is 0 Å². The fourth-order valence-corrected chi connectivity index (χ4v) is 5.46. The standard InChI is InChI=1S/C35H52N2O2/c1-9-22(5)26-16-28(34(38)30(18-26)24(7)11-3)20-36-32-14-13-15-33(32)37-21-29-17-27(23(6)10-2)19-31(35(29)39)25(8)12-4/h16-25,32-33,38-39H,9-15H2,1-8H3. The quantitative estimate of drug-likeness (QED) is 0.267. The highest BCUT2D eigenvalue weighted by Crippen LogP contribution is 2.36. The molecule has 6 atom stereocenters. The molecule has 2 N–H and O–H groups in total. The molecule has 1 fully saturated rings. The Kier molecular flexibility index (Phi) is 11.2. The zero-order valence-electron chi connectivity index (χ0n) is 25.7. The number of hydrogen-bond acceptors (Lipinski definition) is 4. The fourth-order valence-electron chi connectivity index (χ4n) is 5.46. The lowest BCUT2D eigenvalue weighted by molar-refractivity contribution is 0.459. The minimum atomic E-state index is 0.0777. The highest BCUT2D eigenvalue weighted by Gasteiger charge is 2.26. The van der Waals surface area contributed by atoms with Gasteiger partial charge in [-0.15, -0.1) is 0 Å². The van der Waals surface area contributed by atoms with Crippen LogP contribution >= 0.6 is 0 Å². The molecule has 0 aromatic heterocycles. The summed E-state index contributed by atoms with van der Waals surface area (Å²) in [6, 6.07) is 8.75. The van der Waals surface area contributed by atoms with Gasteiger partial charge >= 0.3 is 0 Å². The van der Waals surface area contributed by atoms with Gasteiger partial charge in [-0.1, -0.05) is 67.5 Å². The van der Waals surface area contributed by atoms with Crippen molar-refractivity contribution in [3.8, 4) is 11.5 Å². The number of aromatic hydroxyl groups is 2. The molecule has 1 aliphatic rings. The molecule has 214 valence electrons. The minimum Gasteiger partial charge on any atom is -0.507 e. The molecule has 0 saturated heterocycles. The van der Waals surface area contributed by atoms with E-state index in [0.717, 1.165) is 67.2 Å². The maximum atomic E-state index is 11.1. The molecule has 2 aromatic carbocycles. The van der Waals surface area contributed by atoms with Crippen molar-refractivity contribution in [1.29, 1.82) is 0 Å². The van der Waals surface area contributed by atoms with Gasteiger partial charge in [0.2, 0.25) is 0 Å². The molecule has 0 bridgehead atoms. The Morgan fingerprint density at radius 1 is 0.641 bits per heavy atom. The summed E-state index contributed by atoms with van der Waals surface area (Å²) in [6.45, 7) is 17.6. The summed E-state index contributed by atoms with van der Waals surface area (Å²) < 4.78 is 0. The zero-order chi connectivity index (χ0) is 28.7. The fraction of sp³-hybridized carbons (Fsp3) is 0.600. The van der Waals surface area contributed by atoms with Crippen LogP contribution in [0.1, 0.15) is 157 Å². The van der Waals surface area contributed by atoms with Crippen LogP contribution in [0, 0.1) is 0 Å². The van der Waals surface area contributed by atoms with Crippen LogP contribution in [0.15, 0.2) is 34.3 Å². The number of aliphatic imine (C=N–C) groups is 2. The zero-order valence-corrected chi connectivity index (χ0v) is 25.7. The second-order valence-corrected chi connectivity index (χ2v) is 12.0. The van der Waals surface area contributed by atoms with Gasteiger partial charge < -0.3 is 10.2 Å². The Morgan fingerprint density at radius 2 is 1.00 bits per heavy atom. The van der Waals surface area contributed by atoms with E-state index in [9.17, 15) is 10.2 Å². The Bertz CT molecular complexity index is 1060. The van der Waals surface area contributed by atoms with Crippen LogP contribution in [0.25, 0.3) is 0 Å². The van der Waals surface area contributed by atoms with Gasteiger partial charge in [-0.05, 0) is 103 Å². The first kappa shape index (κ1) is 30.9. The molecule has 1 saturated carbocycles. The Balaban J connectivity index is 1.91. The molecule has 6 unspecified atom stereocenters. The first-order valence-corrected chi connectivity index (χ1v) is 15.4. The average molecular weight is 533 g/mol. The van der Waals surface area contributed by atoms with Gasteiger partial charge in [0.15, 0.2) is 0 Å². The number of hydrogen-bond donors (Lipinski definition) is 2. The number of phenols is 2. The van der Waals surface area contributed by atoms with Gasteiger partial charge in [-0.3, -0.25) is 9.98 Å². The van der Waals surface area contributed by atoms with Crippen molar-refractivity contribution in [2.75, 3.05) is 0 Å². The van der Waals surface area contributed by atoms with E-state index in [4.69, 9.17) is 9.98 Å². The molecule has 39 heavy (non-hydrogen) atoms. The lowest BCUT2D eigenvalue weighted by Crippen LogP contribution is -2.16. The summed E-state index contributed by atoms with van der Waals surface area (Å²) in [5.74, 6) is 2.19. The Labute approximate surface area is 237 Å². The number of rotatable bonds is 12. The van der Waals surface area contributed by atoms with Crippen LogP contribution < -0.4 is 0 Å². The normalized spacial score (nSPS) is 21.0. The SMILES string of the molecule is CCC(C)c1cc(C=NC2CCCC2N=Cc2cc(C(C)CC)cc(C(C)CC)c2O)c(O)c(C(C)CC)c1. The van der Waals surface area contributed by atoms with E-state index in [0.29, 0.717) is 35.2 Å². The number of nitrogens with zero attached hydrogens (tertiary/aromatic N) is 2. The van der Waals surface area contributed by atoms with Gasteiger partial charge in [0, 0.05) is 23.6 Å². The second kappa shape index (κ2) is 14.1. The lowest BCUT2D eigenvalue weighted by Gasteiger charge is -2.19. The van der Waals surface area contributed by atoms with E-state index in [2.05, 4.69) is 79.7 Å². The topological polar surface area (TPSA) is 65.2 Å². The smallest absolute Gasteiger partial charge is 0.127 e. The van der Waals surface area contributed by atoms with E-state index in [1.54, 1.807) is 0 Å². The molecule has 0 radical (unpaired) electrons. The van der Waals surface area contributed by atoms with Crippen LogP contribution in [0.2, 0.25) is 0 Å². The third-order valence-electron chi connectivity index (χ3n) is 9.29. The van der Waals surface area contributed by atoms with E-state index in [1.807, 2.05) is 12.4 Å². The van der Waals surface area contributed by atoms with Crippen molar-refractivity contribution in [1.82, 2.24) is 0 Å². The predicted molar refractivity (Wildman–Crippen MR) is 168 cm³/mol. The number of phenolic OH excluding ortho intramolecular Hbond substituents is 2. The van der Waals surface area contributed by atoms with Gasteiger partial charge in [0.1, 0.15) is 11.5 Å². The van der Waals surface area contributed by atoms with Crippen molar-refractivity contribution >= 4 is 12.4 Å². The van der Waals surface area contributed by atoms with Crippen LogP contribution in [0.4, 0.5) is 0 Å². The number of benzene rings is 2. The largest absolute Gasteiger partial charge is 0.507 e. The maximum Gasteiger partial charge on any atom is 0.127 e. The lowest BCUT2D eigenvalue weighted by atomic mass is 9.89.